The monoisotopic (exact) mass is 441 g/mol. The van der Waals surface area contributed by atoms with Crippen molar-refractivity contribution in [1.29, 1.82) is 0 Å². The van der Waals surface area contributed by atoms with E-state index in [-0.39, 0.29) is 28.3 Å². The van der Waals surface area contributed by atoms with Gasteiger partial charge in [0.1, 0.15) is 5.84 Å². The molecule has 1 N–H and O–H groups in total. The molecule has 7 heteroatoms. The number of fused-ring (bicyclic) bond motifs is 1. The highest BCUT2D eigenvalue weighted by atomic mass is 31.2. The van der Waals surface area contributed by atoms with E-state index in [4.69, 9.17) is 14.0 Å². The second-order valence-corrected chi connectivity index (χ2v) is 13.3. The van der Waals surface area contributed by atoms with E-state index >= 15 is 0 Å². The summed E-state index contributed by atoms with van der Waals surface area (Å²) in [6.07, 6.45) is 0.790. The lowest BCUT2D eigenvalue weighted by molar-refractivity contribution is 0.207. The van der Waals surface area contributed by atoms with E-state index in [0.717, 1.165) is 12.3 Å². The van der Waals surface area contributed by atoms with Crippen LogP contribution in [-0.2, 0) is 13.6 Å². The van der Waals surface area contributed by atoms with Gasteiger partial charge in [-0.3, -0.25) is 14.0 Å². The van der Waals surface area contributed by atoms with E-state index in [1.807, 2.05) is 13.8 Å². The molecule has 2 rings (SSSR count). The highest BCUT2D eigenvalue weighted by Crippen LogP contribution is 2.50. The molecule has 0 aromatic rings. The maximum atomic E-state index is 13.1. The van der Waals surface area contributed by atoms with Crippen molar-refractivity contribution in [2.24, 2.45) is 21.2 Å². The van der Waals surface area contributed by atoms with Gasteiger partial charge in [-0.1, -0.05) is 62.3 Å². The molecule has 0 bridgehead atoms. The zero-order chi connectivity index (χ0) is 23.1. The summed E-state index contributed by atoms with van der Waals surface area (Å²) >= 11 is 0. The third-order valence-electron chi connectivity index (χ3n) is 5.50. The van der Waals surface area contributed by atoms with Crippen LogP contribution in [-0.4, -0.2) is 42.6 Å². The minimum atomic E-state index is -3.33. The van der Waals surface area contributed by atoms with Crippen LogP contribution in [0.25, 0.3) is 0 Å². The molecule has 0 aliphatic carbocycles. The Balaban J connectivity index is 2.54. The van der Waals surface area contributed by atoms with Gasteiger partial charge in [0.05, 0.1) is 19.3 Å². The minimum Gasteiger partial charge on any atom is -0.332 e. The number of hydrogen-bond acceptors (Lipinski definition) is 5. The molecule has 0 aromatic carbocycles. The molecule has 6 nitrogen and oxygen atoms in total. The summed E-state index contributed by atoms with van der Waals surface area (Å²) in [5, 5.41) is 3.23. The zero-order valence-electron chi connectivity index (χ0n) is 21.0. The first-order valence-corrected chi connectivity index (χ1v) is 12.8. The molecule has 174 valence electrons. The van der Waals surface area contributed by atoms with E-state index in [0.29, 0.717) is 19.8 Å². The number of rotatable bonds is 6. The molecule has 0 radical (unpaired) electrons. The lowest BCUT2D eigenvalue weighted by atomic mass is 9.70. The van der Waals surface area contributed by atoms with Gasteiger partial charge in [-0.05, 0) is 30.3 Å². The topological polar surface area (TPSA) is 63.2 Å². The lowest BCUT2D eigenvalue weighted by Crippen LogP contribution is -2.47. The number of amidine groups is 1. The molecular weight excluding hydrogens is 397 g/mol. The molecule has 1 fully saturated rings. The Bertz CT molecular complexity index is 728. The maximum Gasteiger partial charge on any atom is 0.405 e. The van der Waals surface area contributed by atoms with Crippen molar-refractivity contribution in [2.45, 2.75) is 94.7 Å². The molecule has 0 amide bonds. The average molecular weight is 442 g/mol. The third kappa shape index (κ3) is 5.56. The Hall–Kier alpha value is -0.680. The number of nitrogens with one attached hydrogen (secondary N) is 1. The maximum absolute atomic E-state index is 13.1. The molecular formula is C23H44N3O3P. The lowest BCUT2D eigenvalue weighted by Gasteiger charge is -2.45. The predicted octanol–water partition coefficient (Wildman–Crippen LogP) is 6.00. The largest absolute Gasteiger partial charge is 0.405 e. The van der Waals surface area contributed by atoms with E-state index in [1.54, 1.807) is 0 Å². The van der Waals surface area contributed by atoms with Gasteiger partial charge in [0.15, 0.2) is 0 Å². The predicted molar refractivity (Wildman–Crippen MR) is 126 cm³/mol. The second-order valence-electron chi connectivity index (χ2n) is 11.6. The van der Waals surface area contributed by atoms with Crippen molar-refractivity contribution in [1.82, 2.24) is 9.99 Å². The Kier molecular flexibility index (Phi) is 7.41. The number of aliphatic imine (C=N–C) groups is 1. The van der Waals surface area contributed by atoms with Crippen LogP contribution in [0.2, 0.25) is 0 Å². The molecule has 0 unspecified atom stereocenters. The van der Waals surface area contributed by atoms with Crippen LogP contribution < -0.4 is 5.09 Å². The van der Waals surface area contributed by atoms with Gasteiger partial charge in [0, 0.05) is 30.1 Å². The van der Waals surface area contributed by atoms with E-state index in [2.05, 4.69) is 72.3 Å². The average Bonchev–Trinajstić information content (AvgIpc) is 2.92. The van der Waals surface area contributed by atoms with Crippen molar-refractivity contribution in [3.63, 3.8) is 0 Å². The highest BCUT2D eigenvalue weighted by Gasteiger charge is 2.47. The summed E-state index contributed by atoms with van der Waals surface area (Å²) in [6, 6.07) is 0.0925. The van der Waals surface area contributed by atoms with Crippen LogP contribution in [0.1, 0.15) is 82.6 Å². The first-order valence-electron chi connectivity index (χ1n) is 11.3. The Morgan fingerprint density at radius 1 is 1.00 bits per heavy atom. The van der Waals surface area contributed by atoms with Crippen molar-refractivity contribution < 1.29 is 13.6 Å². The standard InChI is InChI=1S/C23H44N3O3P/c1-12-28-30(27,29-13-2)25-16-14-17-18(21(3,4)5)19(22(6,7)8)24-20(23(9,10)11)26(17)15-16/h16,19H,12-15H2,1-11H3,(H,25,27)/t16-,19+/m0/s1. The van der Waals surface area contributed by atoms with Gasteiger partial charge in [-0.15, -0.1) is 0 Å². The van der Waals surface area contributed by atoms with Crippen LogP contribution >= 0.6 is 7.75 Å². The normalized spacial score (nSPS) is 23.7. The molecule has 1 saturated heterocycles. The van der Waals surface area contributed by atoms with Crippen molar-refractivity contribution in [3.05, 3.63) is 11.3 Å². The summed E-state index contributed by atoms with van der Waals surface area (Å²) in [4.78, 5) is 7.71. The van der Waals surface area contributed by atoms with Crippen LogP contribution in [0, 0.1) is 16.2 Å². The van der Waals surface area contributed by atoms with E-state index < -0.39 is 7.75 Å². The first kappa shape index (κ1) is 25.6. The third-order valence-corrected chi connectivity index (χ3v) is 7.38. The molecule has 0 spiro atoms. The van der Waals surface area contributed by atoms with Gasteiger partial charge in [-0.25, -0.2) is 9.65 Å². The van der Waals surface area contributed by atoms with Gasteiger partial charge < -0.3 is 4.90 Å². The van der Waals surface area contributed by atoms with Crippen molar-refractivity contribution >= 4 is 13.6 Å². The first-order chi connectivity index (χ1) is 13.5. The van der Waals surface area contributed by atoms with Crippen LogP contribution in [0.15, 0.2) is 16.3 Å². The molecule has 2 atom stereocenters. The van der Waals surface area contributed by atoms with Crippen LogP contribution in [0.5, 0.6) is 0 Å². The molecule has 2 heterocycles. The smallest absolute Gasteiger partial charge is 0.332 e. The fourth-order valence-corrected chi connectivity index (χ4v) is 5.98. The van der Waals surface area contributed by atoms with Gasteiger partial charge in [0.2, 0.25) is 0 Å². The summed E-state index contributed by atoms with van der Waals surface area (Å²) < 4.78 is 24.1. The minimum absolute atomic E-state index is 0.00958. The molecule has 30 heavy (non-hydrogen) atoms. The molecule has 2 aliphatic heterocycles. The fourth-order valence-electron chi connectivity index (χ4n) is 4.45. The van der Waals surface area contributed by atoms with Gasteiger partial charge in [0.25, 0.3) is 0 Å². The summed E-state index contributed by atoms with van der Waals surface area (Å²) in [6.45, 7) is 25.4. The summed E-state index contributed by atoms with van der Waals surface area (Å²) in [5.41, 5.74) is 2.61. The van der Waals surface area contributed by atoms with E-state index in [1.165, 1.54) is 11.3 Å². The number of hydrogen-bond donors (Lipinski definition) is 1. The fraction of sp³-hybridized carbons (Fsp3) is 0.870. The van der Waals surface area contributed by atoms with Crippen molar-refractivity contribution in [2.75, 3.05) is 19.8 Å². The van der Waals surface area contributed by atoms with Gasteiger partial charge >= 0.3 is 7.75 Å². The van der Waals surface area contributed by atoms with Crippen molar-refractivity contribution in [3.8, 4) is 0 Å². The van der Waals surface area contributed by atoms with Gasteiger partial charge in [-0.2, -0.15) is 0 Å². The highest BCUT2D eigenvalue weighted by molar-refractivity contribution is 7.51. The zero-order valence-corrected chi connectivity index (χ0v) is 21.9. The summed E-state index contributed by atoms with van der Waals surface area (Å²) in [5.74, 6) is 1.11. The summed E-state index contributed by atoms with van der Waals surface area (Å²) in [7, 11) is -3.33. The Morgan fingerprint density at radius 3 is 1.93 bits per heavy atom. The molecule has 2 aliphatic rings. The quantitative estimate of drug-likeness (QED) is 0.512. The Labute approximate surface area is 184 Å². The Morgan fingerprint density at radius 2 is 1.53 bits per heavy atom. The molecule has 0 saturated carbocycles. The molecule has 0 aromatic heterocycles. The van der Waals surface area contributed by atoms with E-state index in [9.17, 15) is 4.57 Å². The number of nitrogens with zero attached hydrogens (tertiary/aromatic N) is 2. The second kappa shape index (κ2) is 8.69. The van der Waals surface area contributed by atoms with Crippen LogP contribution in [0.3, 0.4) is 0 Å². The van der Waals surface area contributed by atoms with Crippen LogP contribution in [0.4, 0.5) is 0 Å². The SMILES string of the molecule is CCOP(=O)(N[C@H]1CC2=C(C(C)(C)C)[C@H](C(C)(C)C)N=C(C(C)(C)C)N2C1)OCC.